The normalized spacial score (nSPS) is 10.5. The van der Waals surface area contributed by atoms with E-state index >= 15 is 0 Å². The summed E-state index contributed by atoms with van der Waals surface area (Å²) in [5.41, 5.74) is 3.34. The number of rotatable bonds is 8. The van der Waals surface area contributed by atoms with Gasteiger partial charge in [-0.3, -0.25) is 0 Å². The first kappa shape index (κ1) is 16.9. The van der Waals surface area contributed by atoms with Crippen LogP contribution in [0.3, 0.4) is 0 Å². The van der Waals surface area contributed by atoms with Crippen LogP contribution in [-0.2, 0) is 5.75 Å². The molecule has 1 aromatic carbocycles. The summed E-state index contributed by atoms with van der Waals surface area (Å²) in [6.07, 6.45) is 1.80. The number of thiazole rings is 1. The molecule has 0 aliphatic carbocycles. The van der Waals surface area contributed by atoms with Crippen LogP contribution in [0.25, 0.3) is 0 Å². The Morgan fingerprint density at radius 2 is 2.04 bits per heavy atom. The fourth-order valence-electron chi connectivity index (χ4n) is 1.83. The van der Waals surface area contributed by atoms with E-state index < -0.39 is 0 Å². The second-order valence-electron chi connectivity index (χ2n) is 4.97. The third-order valence-electron chi connectivity index (χ3n) is 3.00. The number of anilines is 3. The quantitative estimate of drug-likeness (QED) is 0.430. The lowest BCUT2D eigenvalue weighted by Crippen LogP contribution is -1.96. The summed E-state index contributed by atoms with van der Waals surface area (Å²) in [7, 11) is 0. The third-order valence-corrected chi connectivity index (χ3v) is 5.86. The molecule has 0 bridgehead atoms. The molecule has 0 unspecified atom stereocenters. The number of benzene rings is 1. The minimum atomic E-state index is 0.694. The summed E-state index contributed by atoms with van der Waals surface area (Å²) in [6, 6.07) is 8.29. The number of aromatic nitrogens is 3. The zero-order valence-corrected chi connectivity index (χ0v) is 15.6. The van der Waals surface area contributed by atoms with E-state index in [0.29, 0.717) is 6.54 Å². The molecule has 0 aliphatic rings. The maximum Gasteiger partial charge on any atom is 0.206 e. The molecule has 124 valence electrons. The van der Waals surface area contributed by atoms with Crippen molar-refractivity contribution in [1.82, 2.24) is 15.2 Å². The van der Waals surface area contributed by atoms with Crippen LogP contribution in [-0.4, -0.2) is 21.7 Å². The van der Waals surface area contributed by atoms with Crippen molar-refractivity contribution in [3.05, 3.63) is 53.6 Å². The van der Waals surface area contributed by atoms with Crippen LogP contribution in [0, 0.1) is 6.92 Å². The number of hydrogen-bond donors (Lipinski definition) is 2. The average molecular weight is 376 g/mol. The Kier molecular flexibility index (Phi) is 5.84. The molecule has 8 heteroatoms. The highest BCUT2D eigenvalue weighted by Crippen LogP contribution is 2.30. The predicted molar refractivity (Wildman–Crippen MR) is 105 cm³/mol. The largest absolute Gasteiger partial charge is 0.357 e. The number of nitrogens with one attached hydrogen (secondary N) is 2. The van der Waals surface area contributed by atoms with Gasteiger partial charge >= 0.3 is 0 Å². The Labute approximate surface area is 153 Å². The summed E-state index contributed by atoms with van der Waals surface area (Å²) in [5, 5.41) is 18.5. The van der Waals surface area contributed by atoms with Gasteiger partial charge < -0.3 is 10.6 Å². The number of thioether (sulfide) groups is 1. The Bertz CT molecular complexity index is 794. The Morgan fingerprint density at radius 3 is 2.83 bits per heavy atom. The topological polar surface area (TPSA) is 62.7 Å². The lowest BCUT2D eigenvalue weighted by atomic mass is 10.2. The number of hydrogen-bond acceptors (Lipinski definition) is 8. The first-order valence-corrected chi connectivity index (χ1v) is 10.0. The van der Waals surface area contributed by atoms with Gasteiger partial charge in [-0.25, -0.2) is 4.98 Å². The van der Waals surface area contributed by atoms with Crippen molar-refractivity contribution in [2.45, 2.75) is 17.0 Å². The van der Waals surface area contributed by atoms with E-state index in [9.17, 15) is 0 Å². The van der Waals surface area contributed by atoms with Crippen LogP contribution in [0.15, 0.2) is 46.6 Å². The molecule has 5 nitrogen and oxygen atoms in total. The monoisotopic (exact) mass is 375 g/mol. The highest BCUT2D eigenvalue weighted by atomic mass is 32.2. The molecule has 0 spiro atoms. The van der Waals surface area contributed by atoms with E-state index in [1.54, 1.807) is 40.5 Å². The van der Waals surface area contributed by atoms with Gasteiger partial charge in [-0.15, -0.1) is 28.1 Å². The van der Waals surface area contributed by atoms with Gasteiger partial charge in [0.25, 0.3) is 0 Å². The Balaban J connectivity index is 1.53. The molecule has 2 N–H and O–H groups in total. The van der Waals surface area contributed by atoms with Crippen LogP contribution in [0.5, 0.6) is 0 Å². The molecule has 0 saturated carbocycles. The molecule has 24 heavy (non-hydrogen) atoms. The van der Waals surface area contributed by atoms with Gasteiger partial charge in [0.2, 0.25) is 5.13 Å². The van der Waals surface area contributed by atoms with E-state index in [4.69, 9.17) is 0 Å². The SMILES string of the molecule is C=CCNc1nnc(SCc2csc(Nc3ccc(C)cc3)n2)s1. The molecule has 0 saturated heterocycles. The first-order chi connectivity index (χ1) is 11.7. The fraction of sp³-hybridized carbons (Fsp3) is 0.188. The van der Waals surface area contributed by atoms with Gasteiger partial charge in [-0.2, -0.15) is 0 Å². The second-order valence-corrected chi connectivity index (χ2v) is 8.02. The zero-order valence-electron chi connectivity index (χ0n) is 13.2. The van der Waals surface area contributed by atoms with E-state index in [1.165, 1.54) is 5.56 Å². The van der Waals surface area contributed by atoms with Crippen molar-refractivity contribution >= 4 is 50.4 Å². The maximum atomic E-state index is 4.61. The third kappa shape index (κ3) is 4.80. The molecular formula is C16H17N5S3. The molecule has 2 heterocycles. The van der Waals surface area contributed by atoms with Crippen molar-refractivity contribution in [3.8, 4) is 0 Å². The van der Waals surface area contributed by atoms with Crippen LogP contribution in [0.2, 0.25) is 0 Å². The van der Waals surface area contributed by atoms with Crippen molar-refractivity contribution in [3.63, 3.8) is 0 Å². The van der Waals surface area contributed by atoms with Gasteiger partial charge in [-0.05, 0) is 19.1 Å². The summed E-state index contributed by atoms with van der Waals surface area (Å²) in [4.78, 5) is 4.61. The molecule has 3 aromatic rings. The van der Waals surface area contributed by atoms with Crippen molar-refractivity contribution < 1.29 is 0 Å². The van der Waals surface area contributed by atoms with Gasteiger partial charge in [0, 0.05) is 23.4 Å². The first-order valence-electron chi connectivity index (χ1n) is 7.32. The molecule has 2 aromatic heterocycles. The molecule has 0 atom stereocenters. The Morgan fingerprint density at radius 1 is 1.21 bits per heavy atom. The lowest BCUT2D eigenvalue weighted by Gasteiger charge is -2.02. The highest BCUT2D eigenvalue weighted by molar-refractivity contribution is 8.00. The van der Waals surface area contributed by atoms with Crippen LogP contribution in [0.1, 0.15) is 11.3 Å². The summed E-state index contributed by atoms with van der Waals surface area (Å²) < 4.78 is 0.933. The predicted octanol–water partition coefficient (Wildman–Crippen LogP) is 4.94. The van der Waals surface area contributed by atoms with Crippen molar-refractivity contribution in [1.29, 1.82) is 0 Å². The molecule has 0 aliphatic heterocycles. The fourth-order valence-corrected chi connectivity index (χ4v) is 4.31. The van der Waals surface area contributed by atoms with Crippen LogP contribution >= 0.6 is 34.4 Å². The Hall–Kier alpha value is -1.90. The van der Waals surface area contributed by atoms with Crippen molar-refractivity contribution in [2.75, 3.05) is 17.2 Å². The van der Waals surface area contributed by atoms with E-state index in [0.717, 1.165) is 31.7 Å². The summed E-state index contributed by atoms with van der Waals surface area (Å²) >= 11 is 4.80. The minimum Gasteiger partial charge on any atom is -0.357 e. The maximum absolute atomic E-state index is 4.61. The van der Waals surface area contributed by atoms with E-state index in [1.807, 2.05) is 0 Å². The van der Waals surface area contributed by atoms with E-state index in [-0.39, 0.29) is 0 Å². The molecule has 0 radical (unpaired) electrons. The van der Waals surface area contributed by atoms with Crippen molar-refractivity contribution in [2.24, 2.45) is 0 Å². The lowest BCUT2D eigenvalue weighted by molar-refractivity contribution is 1.01. The van der Waals surface area contributed by atoms with Gasteiger partial charge in [-0.1, -0.05) is 46.9 Å². The average Bonchev–Trinajstić information content (AvgIpc) is 3.22. The number of aryl methyl sites for hydroxylation is 1. The van der Waals surface area contributed by atoms with Crippen LogP contribution in [0.4, 0.5) is 16.0 Å². The smallest absolute Gasteiger partial charge is 0.206 e. The minimum absolute atomic E-state index is 0.694. The molecule has 0 fully saturated rings. The standard InChI is InChI=1S/C16H17N5S3/c1-3-8-17-14-20-21-16(24-14)23-10-13-9-22-15(19-13)18-12-6-4-11(2)5-7-12/h3-7,9H,1,8,10H2,2H3,(H,17,20)(H,18,19). The zero-order chi connectivity index (χ0) is 16.8. The molecular weight excluding hydrogens is 358 g/mol. The molecule has 3 rings (SSSR count). The van der Waals surface area contributed by atoms with E-state index in [2.05, 4.69) is 69.0 Å². The van der Waals surface area contributed by atoms with Gasteiger partial charge in [0.1, 0.15) is 0 Å². The highest BCUT2D eigenvalue weighted by Gasteiger charge is 2.07. The van der Waals surface area contributed by atoms with Gasteiger partial charge in [0.05, 0.1) is 5.69 Å². The second kappa shape index (κ2) is 8.27. The summed E-state index contributed by atoms with van der Waals surface area (Å²) in [6.45, 7) is 6.44. The summed E-state index contributed by atoms with van der Waals surface area (Å²) in [5.74, 6) is 0.780. The van der Waals surface area contributed by atoms with Gasteiger partial charge in [0.15, 0.2) is 9.47 Å². The molecule has 0 amide bonds. The number of nitrogens with zero attached hydrogens (tertiary/aromatic N) is 3. The van der Waals surface area contributed by atoms with Crippen LogP contribution < -0.4 is 10.6 Å².